The van der Waals surface area contributed by atoms with Gasteiger partial charge in [-0.3, -0.25) is 0 Å². The van der Waals surface area contributed by atoms with Crippen LogP contribution in [0.1, 0.15) is 31.9 Å². The van der Waals surface area contributed by atoms with Crippen molar-refractivity contribution in [3.8, 4) is 11.5 Å². The van der Waals surface area contributed by atoms with E-state index < -0.39 is 29.5 Å². The molecule has 0 radical (unpaired) electrons. The van der Waals surface area contributed by atoms with Gasteiger partial charge >= 0.3 is 12.1 Å². The maximum absolute atomic E-state index is 14.2. The van der Waals surface area contributed by atoms with Gasteiger partial charge in [0, 0.05) is 6.42 Å². The molecule has 0 fully saturated rings. The van der Waals surface area contributed by atoms with E-state index in [1.807, 2.05) is 12.1 Å². The van der Waals surface area contributed by atoms with Gasteiger partial charge in [-0.25, -0.2) is 14.0 Å². The zero-order chi connectivity index (χ0) is 23.9. The summed E-state index contributed by atoms with van der Waals surface area (Å²) in [5, 5.41) is 2.51. The molecule has 0 aliphatic carbocycles. The van der Waals surface area contributed by atoms with Gasteiger partial charge in [-0.15, -0.1) is 0 Å². The van der Waals surface area contributed by atoms with Gasteiger partial charge in [0.15, 0.2) is 0 Å². The Balaban J connectivity index is 2.24. The smallest absolute Gasteiger partial charge is 0.408 e. The normalized spacial score (nSPS) is 12.0. The fourth-order valence-corrected chi connectivity index (χ4v) is 3.27. The van der Waals surface area contributed by atoms with Crippen LogP contribution in [0.15, 0.2) is 40.9 Å². The number of carbonyl (C=O) groups excluding carboxylic acids is 2. The lowest BCUT2D eigenvalue weighted by atomic mass is 10.0. The standard InChI is InChI=1S/C23H27BrFNO6/c1-23(2,3)32-22(28)26-18(21(27)30-5)12-15-8-11-17(25)19(24)20(15)31-13-14-6-9-16(29-4)10-7-14/h6-11,18H,12-13H2,1-5H3,(H,26,28)/t18-/m0/s1. The molecule has 0 spiro atoms. The van der Waals surface area contributed by atoms with Gasteiger partial charge < -0.3 is 24.3 Å². The average Bonchev–Trinajstić information content (AvgIpc) is 2.73. The molecule has 0 saturated heterocycles. The van der Waals surface area contributed by atoms with Crippen LogP contribution in [0, 0.1) is 5.82 Å². The summed E-state index contributed by atoms with van der Waals surface area (Å²) >= 11 is 3.21. The van der Waals surface area contributed by atoms with Gasteiger partial charge in [0.05, 0.1) is 18.7 Å². The Kier molecular flexibility index (Phi) is 8.89. The predicted molar refractivity (Wildman–Crippen MR) is 120 cm³/mol. The number of amides is 1. The summed E-state index contributed by atoms with van der Waals surface area (Å²) in [7, 11) is 2.79. The average molecular weight is 512 g/mol. The van der Waals surface area contributed by atoms with E-state index in [1.165, 1.54) is 19.2 Å². The quantitative estimate of drug-likeness (QED) is 0.513. The molecular formula is C23H27BrFNO6. The molecule has 2 aromatic carbocycles. The second-order valence-corrected chi connectivity index (χ2v) is 8.71. The van der Waals surface area contributed by atoms with E-state index in [9.17, 15) is 14.0 Å². The fourth-order valence-electron chi connectivity index (χ4n) is 2.77. The van der Waals surface area contributed by atoms with Crippen LogP contribution in [0.5, 0.6) is 11.5 Å². The Labute approximate surface area is 195 Å². The van der Waals surface area contributed by atoms with Crippen LogP contribution in [0.3, 0.4) is 0 Å². The summed E-state index contributed by atoms with van der Waals surface area (Å²) in [6.45, 7) is 5.28. The van der Waals surface area contributed by atoms with Crippen molar-refractivity contribution in [2.75, 3.05) is 14.2 Å². The van der Waals surface area contributed by atoms with Gasteiger partial charge in [-0.05, 0) is 66.0 Å². The third-order valence-electron chi connectivity index (χ3n) is 4.27. The third-order valence-corrected chi connectivity index (χ3v) is 5.01. The van der Waals surface area contributed by atoms with Crippen LogP contribution in [-0.4, -0.2) is 37.9 Å². The van der Waals surface area contributed by atoms with E-state index in [4.69, 9.17) is 18.9 Å². The molecule has 1 amide bonds. The summed E-state index contributed by atoms with van der Waals surface area (Å²) in [6.07, 6.45) is -0.766. The van der Waals surface area contributed by atoms with Gasteiger partial charge in [0.1, 0.15) is 35.6 Å². The molecule has 1 atom stereocenters. The molecule has 9 heteroatoms. The van der Waals surface area contributed by atoms with Crippen LogP contribution in [0.25, 0.3) is 0 Å². The van der Waals surface area contributed by atoms with Crippen molar-refractivity contribution in [3.63, 3.8) is 0 Å². The van der Waals surface area contributed by atoms with Gasteiger partial charge in [0.2, 0.25) is 0 Å². The number of halogens is 2. The summed E-state index contributed by atoms with van der Waals surface area (Å²) in [5.74, 6) is -0.262. The van der Waals surface area contributed by atoms with Crippen LogP contribution < -0.4 is 14.8 Å². The molecule has 2 aromatic rings. The van der Waals surface area contributed by atoms with Gasteiger partial charge in [-0.2, -0.15) is 0 Å². The molecule has 7 nitrogen and oxygen atoms in total. The zero-order valence-corrected chi connectivity index (χ0v) is 20.2. The van der Waals surface area contributed by atoms with E-state index in [0.29, 0.717) is 11.3 Å². The summed E-state index contributed by atoms with van der Waals surface area (Å²) < 4.78 is 35.4. The first-order valence-electron chi connectivity index (χ1n) is 9.84. The van der Waals surface area contributed by atoms with Crippen molar-refractivity contribution in [3.05, 3.63) is 57.8 Å². The van der Waals surface area contributed by atoms with Gasteiger partial charge in [-0.1, -0.05) is 18.2 Å². The highest BCUT2D eigenvalue weighted by molar-refractivity contribution is 9.10. The van der Waals surface area contributed by atoms with Crippen LogP contribution >= 0.6 is 15.9 Å². The lowest BCUT2D eigenvalue weighted by molar-refractivity contribution is -0.143. The molecule has 0 aromatic heterocycles. The zero-order valence-electron chi connectivity index (χ0n) is 18.7. The minimum absolute atomic E-state index is 0.00272. The number of ether oxygens (including phenoxy) is 4. The van der Waals surface area contributed by atoms with Crippen LogP contribution in [0.4, 0.5) is 9.18 Å². The van der Waals surface area contributed by atoms with Crippen molar-refractivity contribution < 1.29 is 32.9 Å². The number of hydrogen-bond acceptors (Lipinski definition) is 6. The highest BCUT2D eigenvalue weighted by Crippen LogP contribution is 2.33. The third kappa shape index (κ3) is 7.40. The van der Waals surface area contributed by atoms with Crippen molar-refractivity contribution >= 4 is 28.0 Å². The second-order valence-electron chi connectivity index (χ2n) is 7.91. The number of alkyl carbamates (subject to hydrolysis) is 1. The lowest BCUT2D eigenvalue weighted by Crippen LogP contribution is -2.45. The van der Waals surface area contributed by atoms with E-state index in [1.54, 1.807) is 40.0 Å². The number of carbonyl (C=O) groups is 2. The number of rotatable bonds is 8. The Hall–Kier alpha value is -2.81. The Morgan fingerprint density at radius 2 is 1.75 bits per heavy atom. The molecule has 0 aliphatic heterocycles. The Morgan fingerprint density at radius 3 is 2.31 bits per heavy atom. The SMILES string of the molecule is COC(=O)[C@H](Cc1ccc(F)c(Br)c1OCc1ccc(OC)cc1)NC(=O)OC(C)(C)C. The van der Waals surface area contributed by atoms with Crippen LogP contribution in [-0.2, 0) is 27.3 Å². The van der Waals surface area contributed by atoms with Crippen molar-refractivity contribution in [1.82, 2.24) is 5.32 Å². The number of benzene rings is 2. The number of methoxy groups -OCH3 is 2. The minimum Gasteiger partial charge on any atom is -0.497 e. The fraction of sp³-hybridized carbons (Fsp3) is 0.391. The maximum Gasteiger partial charge on any atom is 0.408 e. The molecule has 0 bridgehead atoms. The van der Waals surface area contributed by atoms with E-state index in [-0.39, 0.29) is 23.2 Å². The van der Waals surface area contributed by atoms with E-state index in [2.05, 4.69) is 21.2 Å². The Morgan fingerprint density at radius 1 is 1.09 bits per heavy atom. The number of hydrogen-bond donors (Lipinski definition) is 1. The van der Waals surface area contributed by atoms with E-state index >= 15 is 0 Å². The van der Waals surface area contributed by atoms with Gasteiger partial charge in [0.25, 0.3) is 0 Å². The summed E-state index contributed by atoms with van der Waals surface area (Å²) in [4.78, 5) is 24.5. The van der Waals surface area contributed by atoms with Crippen molar-refractivity contribution in [2.24, 2.45) is 0 Å². The molecule has 0 heterocycles. The monoisotopic (exact) mass is 511 g/mol. The highest BCUT2D eigenvalue weighted by atomic mass is 79.9. The van der Waals surface area contributed by atoms with Crippen molar-refractivity contribution in [1.29, 1.82) is 0 Å². The lowest BCUT2D eigenvalue weighted by Gasteiger charge is -2.23. The minimum atomic E-state index is -1.06. The molecule has 0 unspecified atom stereocenters. The molecule has 0 saturated carbocycles. The largest absolute Gasteiger partial charge is 0.497 e. The number of nitrogens with one attached hydrogen (secondary N) is 1. The molecule has 1 N–H and O–H groups in total. The van der Waals surface area contributed by atoms with Crippen molar-refractivity contribution in [2.45, 2.75) is 45.4 Å². The molecule has 2 rings (SSSR count). The maximum atomic E-state index is 14.2. The molecule has 174 valence electrons. The summed E-state index contributed by atoms with van der Waals surface area (Å²) in [6, 6.07) is 8.92. The molecule has 0 aliphatic rings. The topological polar surface area (TPSA) is 83.1 Å². The van der Waals surface area contributed by atoms with Crippen LogP contribution in [0.2, 0.25) is 0 Å². The Bertz CT molecular complexity index is 943. The number of esters is 1. The second kappa shape index (κ2) is 11.2. The molecule has 32 heavy (non-hydrogen) atoms. The molecular weight excluding hydrogens is 485 g/mol. The first-order valence-corrected chi connectivity index (χ1v) is 10.6. The predicted octanol–water partition coefficient (Wildman–Crippen LogP) is 4.78. The highest BCUT2D eigenvalue weighted by Gasteiger charge is 2.27. The first kappa shape index (κ1) is 25.5. The van der Waals surface area contributed by atoms with E-state index in [0.717, 1.165) is 5.56 Å². The first-order chi connectivity index (χ1) is 15.0. The summed E-state index contributed by atoms with van der Waals surface area (Å²) in [5.41, 5.74) is 0.596.